The van der Waals surface area contributed by atoms with Crippen molar-refractivity contribution in [3.63, 3.8) is 0 Å². The summed E-state index contributed by atoms with van der Waals surface area (Å²) in [4.78, 5) is 15.0. The minimum Gasteiger partial charge on any atom is -0.366 e. The SMILES string of the molecule is CCN1c2ccc(/C=C(/C#N)C(=O)Nc3cccc(Cl)c3)cc2C(C)CC1(C)C. The number of carbonyl (C=O) groups is 1. The molecule has 1 atom stereocenters. The standard InChI is InChI=1S/C24H26ClN3O/c1-5-28-22-10-9-17(12-21(22)16(2)14-24(28,3)4)11-18(15-26)23(29)27-20-8-6-7-19(25)13-20/h6-13,16H,5,14H2,1-4H3,(H,27,29)/b18-11-. The summed E-state index contributed by atoms with van der Waals surface area (Å²) in [7, 11) is 0. The maximum atomic E-state index is 12.5. The lowest BCUT2D eigenvalue weighted by Gasteiger charge is -2.47. The number of nitrogens with one attached hydrogen (secondary N) is 1. The van der Waals surface area contributed by atoms with Gasteiger partial charge in [0.1, 0.15) is 11.6 Å². The predicted octanol–water partition coefficient (Wildman–Crippen LogP) is 6.00. The molecule has 2 aromatic rings. The molecule has 0 bridgehead atoms. The van der Waals surface area contributed by atoms with E-state index in [1.54, 1.807) is 30.3 Å². The van der Waals surface area contributed by atoms with Crippen molar-refractivity contribution >= 4 is 35.0 Å². The number of fused-ring (bicyclic) bond motifs is 1. The number of hydrogen-bond acceptors (Lipinski definition) is 3. The maximum absolute atomic E-state index is 12.5. The van der Waals surface area contributed by atoms with Crippen LogP contribution >= 0.6 is 11.6 Å². The Kier molecular flexibility index (Phi) is 6.00. The average molecular weight is 408 g/mol. The van der Waals surface area contributed by atoms with Crippen LogP contribution in [-0.4, -0.2) is 18.0 Å². The van der Waals surface area contributed by atoms with Crippen molar-refractivity contribution in [1.29, 1.82) is 5.26 Å². The van der Waals surface area contributed by atoms with Crippen molar-refractivity contribution in [3.8, 4) is 6.07 Å². The molecule has 1 aliphatic rings. The molecule has 1 aliphatic heterocycles. The molecule has 3 rings (SSSR count). The highest BCUT2D eigenvalue weighted by molar-refractivity contribution is 6.31. The highest BCUT2D eigenvalue weighted by atomic mass is 35.5. The van der Waals surface area contributed by atoms with Crippen molar-refractivity contribution in [1.82, 2.24) is 0 Å². The van der Waals surface area contributed by atoms with Gasteiger partial charge in [0, 0.05) is 28.5 Å². The molecule has 5 heteroatoms. The first-order valence-electron chi connectivity index (χ1n) is 9.85. The van der Waals surface area contributed by atoms with Gasteiger partial charge in [-0.1, -0.05) is 30.7 Å². The average Bonchev–Trinajstić information content (AvgIpc) is 2.66. The summed E-state index contributed by atoms with van der Waals surface area (Å²) in [6.45, 7) is 9.89. The van der Waals surface area contributed by atoms with Crippen LogP contribution in [-0.2, 0) is 4.79 Å². The smallest absolute Gasteiger partial charge is 0.266 e. The number of benzene rings is 2. The molecule has 4 nitrogen and oxygen atoms in total. The first kappa shape index (κ1) is 21.0. The Morgan fingerprint density at radius 3 is 2.76 bits per heavy atom. The van der Waals surface area contributed by atoms with Gasteiger partial charge in [-0.25, -0.2) is 0 Å². The lowest BCUT2D eigenvalue weighted by Crippen LogP contribution is -2.48. The molecule has 1 heterocycles. The third-order valence-corrected chi connectivity index (χ3v) is 5.72. The Bertz CT molecular complexity index is 1000. The molecule has 1 unspecified atom stereocenters. The van der Waals surface area contributed by atoms with Gasteiger partial charge < -0.3 is 10.2 Å². The van der Waals surface area contributed by atoms with E-state index in [4.69, 9.17) is 11.6 Å². The summed E-state index contributed by atoms with van der Waals surface area (Å²) in [5.41, 5.74) is 4.06. The van der Waals surface area contributed by atoms with E-state index in [-0.39, 0.29) is 11.1 Å². The number of nitriles is 1. The summed E-state index contributed by atoms with van der Waals surface area (Å²) < 4.78 is 0. The molecule has 0 spiro atoms. The largest absolute Gasteiger partial charge is 0.366 e. The Balaban J connectivity index is 1.90. The zero-order chi connectivity index (χ0) is 21.2. The third kappa shape index (κ3) is 4.46. The molecule has 0 radical (unpaired) electrons. The predicted molar refractivity (Wildman–Crippen MR) is 120 cm³/mol. The molecule has 0 saturated heterocycles. The molecule has 0 aliphatic carbocycles. The van der Waals surface area contributed by atoms with Crippen LogP contribution in [0.25, 0.3) is 6.08 Å². The van der Waals surface area contributed by atoms with E-state index in [0.717, 1.165) is 18.5 Å². The molecule has 0 saturated carbocycles. The number of hydrogen-bond donors (Lipinski definition) is 1. The zero-order valence-corrected chi connectivity index (χ0v) is 18.0. The van der Waals surface area contributed by atoms with Crippen LogP contribution in [0.15, 0.2) is 48.0 Å². The number of rotatable bonds is 4. The van der Waals surface area contributed by atoms with Gasteiger partial charge in [0.25, 0.3) is 5.91 Å². The summed E-state index contributed by atoms with van der Waals surface area (Å²) in [5, 5.41) is 12.8. The van der Waals surface area contributed by atoms with Gasteiger partial charge in [-0.05, 0) is 80.6 Å². The molecule has 2 aromatic carbocycles. The Morgan fingerprint density at radius 1 is 1.34 bits per heavy atom. The quantitative estimate of drug-likeness (QED) is 0.499. The fourth-order valence-corrected chi connectivity index (χ4v) is 4.47. The Morgan fingerprint density at radius 2 is 2.10 bits per heavy atom. The van der Waals surface area contributed by atoms with E-state index >= 15 is 0 Å². The Labute approximate surface area is 177 Å². The molecule has 0 aromatic heterocycles. The van der Waals surface area contributed by atoms with Crippen LogP contribution in [0.3, 0.4) is 0 Å². The molecule has 0 fully saturated rings. The first-order chi connectivity index (χ1) is 13.7. The van der Waals surface area contributed by atoms with E-state index in [0.29, 0.717) is 16.6 Å². The van der Waals surface area contributed by atoms with Gasteiger partial charge in [-0.2, -0.15) is 5.26 Å². The number of amides is 1. The van der Waals surface area contributed by atoms with Crippen LogP contribution in [0.2, 0.25) is 5.02 Å². The van der Waals surface area contributed by atoms with Gasteiger partial charge in [0.05, 0.1) is 0 Å². The summed E-state index contributed by atoms with van der Waals surface area (Å²) >= 11 is 5.96. The monoisotopic (exact) mass is 407 g/mol. The summed E-state index contributed by atoms with van der Waals surface area (Å²) in [6, 6.07) is 15.1. The van der Waals surface area contributed by atoms with Crippen LogP contribution in [0.1, 0.15) is 51.2 Å². The normalized spacial score (nSPS) is 18.0. The second-order valence-electron chi connectivity index (χ2n) is 8.11. The second-order valence-corrected chi connectivity index (χ2v) is 8.55. The zero-order valence-electron chi connectivity index (χ0n) is 17.3. The van der Waals surface area contributed by atoms with Crippen molar-refractivity contribution in [3.05, 3.63) is 64.2 Å². The molecule has 1 N–H and O–H groups in total. The van der Waals surface area contributed by atoms with Gasteiger partial charge in [0.15, 0.2) is 0 Å². The summed E-state index contributed by atoms with van der Waals surface area (Å²) in [6.07, 6.45) is 2.70. The van der Waals surface area contributed by atoms with Gasteiger partial charge in [-0.3, -0.25) is 4.79 Å². The van der Waals surface area contributed by atoms with Crippen LogP contribution < -0.4 is 10.2 Å². The maximum Gasteiger partial charge on any atom is 0.266 e. The molecule has 1 amide bonds. The fraction of sp³-hybridized carbons (Fsp3) is 0.333. The number of anilines is 2. The minimum absolute atomic E-state index is 0.0565. The van der Waals surface area contributed by atoms with Crippen molar-refractivity contribution in [2.24, 2.45) is 0 Å². The highest BCUT2D eigenvalue weighted by Crippen LogP contribution is 2.43. The third-order valence-electron chi connectivity index (χ3n) is 5.48. The lowest BCUT2D eigenvalue weighted by atomic mass is 9.79. The van der Waals surface area contributed by atoms with Crippen LogP contribution in [0.5, 0.6) is 0 Å². The highest BCUT2D eigenvalue weighted by Gasteiger charge is 2.35. The number of halogens is 1. The molecule has 150 valence electrons. The van der Waals surface area contributed by atoms with E-state index < -0.39 is 5.91 Å². The number of carbonyl (C=O) groups excluding carboxylic acids is 1. The fourth-order valence-electron chi connectivity index (χ4n) is 4.28. The molecular weight excluding hydrogens is 382 g/mol. The van der Waals surface area contributed by atoms with Crippen molar-refractivity contribution in [2.75, 3.05) is 16.8 Å². The lowest BCUT2D eigenvalue weighted by molar-refractivity contribution is -0.112. The van der Waals surface area contributed by atoms with Gasteiger partial charge in [0.2, 0.25) is 0 Å². The van der Waals surface area contributed by atoms with Crippen molar-refractivity contribution in [2.45, 2.75) is 45.6 Å². The first-order valence-corrected chi connectivity index (χ1v) is 10.2. The van der Waals surface area contributed by atoms with E-state index in [1.165, 1.54) is 11.3 Å². The van der Waals surface area contributed by atoms with Crippen LogP contribution in [0.4, 0.5) is 11.4 Å². The topological polar surface area (TPSA) is 56.1 Å². The van der Waals surface area contributed by atoms with E-state index in [1.807, 2.05) is 12.1 Å². The van der Waals surface area contributed by atoms with Crippen molar-refractivity contribution < 1.29 is 4.79 Å². The minimum atomic E-state index is -0.447. The van der Waals surface area contributed by atoms with Crippen LogP contribution in [0, 0.1) is 11.3 Å². The second kappa shape index (κ2) is 8.31. The number of nitrogens with zero attached hydrogens (tertiary/aromatic N) is 2. The molecule has 29 heavy (non-hydrogen) atoms. The van der Waals surface area contributed by atoms with E-state index in [2.05, 4.69) is 50.0 Å². The molecular formula is C24H26ClN3O. The van der Waals surface area contributed by atoms with Gasteiger partial charge in [-0.15, -0.1) is 0 Å². The van der Waals surface area contributed by atoms with Gasteiger partial charge >= 0.3 is 0 Å². The Hall–Kier alpha value is -2.77. The summed E-state index contributed by atoms with van der Waals surface area (Å²) in [5.74, 6) is -0.0428. The van der Waals surface area contributed by atoms with E-state index in [9.17, 15) is 10.1 Å².